The Bertz CT molecular complexity index is 693. The van der Waals surface area contributed by atoms with Crippen LogP contribution in [0.1, 0.15) is 66.0 Å². The van der Waals surface area contributed by atoms with E-state index in [1.54, 1.807) is 18.7 Å². The maximum Gasteiger partial charge on any atom is 0.234 e. The third kappa shape index (κ3) is 5.60. The van der Waals surface area contributed by atoms with Gasteiger partial charge in [0, 0.05) is 5.75 Å². The maximum atomic E-state index is 13.0. The van der Waals surface area contributed by atoms with Gasteiger partial charge < -0.3 is 10.1 Å². The van der Waals surface area contributed by atoms with Crippen LogP contribution >= 0.6 is 11.8 Å². The topological polar surface area (TPSA) is 55.4 Å². The van der Waals surface area contributed by atoms with Crippen LogP contribution in [0.2, 0.25) is 0 Å². The van der Waals surface area contributed by atoms with E-state index < -0.39 is 5.54 Å². The summed E-state index contributed by atoms with van der Waals surface area (Å²) in [5.41, 5.74) is 1.72. The molecule has 0 saturated carbocycles. The van der Waals surface area contributed by atoms with E-state index in [0.29, 0.717) is 5.92 Å². The van der Waals surface area contributed by atoms with Crippen LogP contribution < -0.4 is 5.32 Å². The van der Waals surface area contributed by atoms with Gasteiger partial charge in [-0.05, 0) is 42.7 Å². The molecule has 1 aromatic carbocycles. The van der Waals surface area contributed by atoms with Crippen molar-refractivity contribution in [1.82, 2.24) is 5.32 Å². The molecule has 1 fully saturated rings. The Morgan fingerprint density at radius 3 is 2.36 bits per heavy atom. The molecule has 3 atom stereocenters. The number of rotatable bonds is 7. The Hall–Kier alpha value is -1.33. The van der Waals surface area contributed by atoms with Crippen molar-refractivity contribution in [2.75, 3.05) is 6.61 Å². The van der Waals surface area contributed by atoms with E-state index >= 15 is 0 Å². The normalized spacial score (nSPS) is 23.9. The molecule has 0 aliphatic carbocycles. The van der Waals surface area contributed by atoms with E-state index in [1.165, 1.54) is 11.1 Å². The summed E-state index contributed by atoms with van der Waals surface area (Å²) in [7, 11) is 0. The largest absolute Gasteiger partial charge is 0.368 e. The van der Waals surface area contributed by atoms with Gasteiger partial charge in [0.05, 0.1) is 11.4 Å². The molecule has 1 N–H and O–H groups in total. The number of carbonyl (C=O) groups is 2. The molecule has 1 heterocycles. The quantitative estimate of drug-likeness (QED) is 0.726. The fraction of sp³-hybridized carbons (Fsp3) is 0.652. The van der Waals surface area contributed by atoms with E-state index in [-0.39, 0.29) is 35.1 Å². The van der Waals surface area contributed by atoms with Gasteiger partial charge >= 0.3 is 0 Å². The van der Waals surface area contributed by atoms with E-state index in [4.69, 9.17) is 4.74 Å². The molecule has 0 unspecified atom stereocenters. The maximum absolute atomic E-state index is 13.0. The van der Waals surface area contributed by atoms with Crippen LogP contribution in [-0.4, -0.2) is 35.2 Å². The first kappa shape index (κ1) is 23.0. The van der Waals surface area contributed by atoms with E-state index in [9.17, 15) is 9.59 Å². The molecule has 0 spiro atoms. The number of hydrogen-bond donors (Lipinski definition) is 1. The van der Waals surface area contributed by atoms with Gasteiger partial charge in [-0.2, -0.15) is 0 Å². The molecule has 0 radical (unpaired) electrons. The summed E-state index contributed by atoms with van der Waals surface area (Å²) in [6.45, 7) is 14.5. The average molecular weight is 406 g/mol. The standard InChI is InChI=1S/C23H35NO3S/c1-15(2)12-19(21(26)24-23(7)16(3)27-13-20(23)25)28-14-17-8-10-18(11-9-17)22(4,5)6/h8-11,15-16,19H,12-14H2,1-7H3,(H,24,26)/t16-,19+,23-/m1/s1. The minimum atomic E-state index is -0.929. The molecule has 4 nitrogen and oxygen atoms in total. The van der Waals surface area contributed by atoms with Crippen molar-refractivity contribution >= 4 is 23.5 Å². The highest BCUT2D eigenvalue weighted by molar-refractivity contribution is 7.99. The van der Waals surface area contributed by atoms with Crippen molar-refractivity contribution in [3.8, 4) is 0 Å². The lowest BCUT2D eigenvalue weighted by atomic mass is 9.87. The lowest BCUT2D eigenvalue weighted by molar-refractivity contribution is -0.129. The van der Waals surface area contributed by atoms with Crippen molar-refractivity contribution in [1.29, 1.82) is 0 Å². The SMILES string of the molecule is CC(C)C[C@H](SCc1ccc(C(C)(C)C)cc1)C(=O)N[C@@]1(C)C(=O)CO[C@@H]1C. The molecule has 1 aliphatic heterocycles. The van der Waals surface area contributed by atoms with Gasteiger partial charge in [-0.1, -0.05) is 58.9 Å². The molecule has 28 heavy (non-hydrogen) atoms. The highest BCUT2D eigenvalue weighted by Crippen LogP contribution is 2.28. The molecule has 156 valence electrons. The number of thioether (sulfide) groups is 1. The number of amides is 1. The second kappa shape index (κ2) is 9.00. The number of hydrogen-bond acceptors (Lipinski definition) is 4. The van der Waals surface area contributed by atoms with Crippen LogP contribution in [0, 0.1) is 5.92 Å². The summed E-state index contributed by atoms with van der Waals surface area (Å²) in [6.07, 6.45) is 0.467. The van der Waals surface area contributed by atoms with Gasteiger partial charge in [0.2, 0.25) is 5.91 Å². The summed E-state index contributed by atoms with van der Waals surface area (Å²) in [4.78, 5) is 25.2. The van der Waals surface area contributed by atoms with Crippen LogP contribution in [0.5, 0.6) is 0 Å². The van der Waals surface area contributed by atoms with Gasteiger partial charge in [-0.25, -0.2) is 0 Å². The van der Waals surface area contributed by atoms with Crippen molar-refractivity contribution in [3.63, 3.8) is 0 Å². The Balaban J connectivity index is 2.05. The van der Waals surface area contributed by atoms with Crippen LogP contribution in [0.15, 0.2) is 24.3 Å². The third-order valence-corrected chi connectivity index (χ3v) is 6.80. The number of ketones is 1. The first-order valence-electron chi connectivity index (χ1n) is 10.1. The van der Waals surface area contributed by atoms with Gasteiger partial charge in [0.1, 0.15) is 12.1 Å². The van der Waals surface area contributed by atoms with Crippen LogP contribution in [-0.2, 0) is 25.5 Å². The van der Waals surface area contributed by atoms with E-state index in [0.717, 1.165) is 12.2 Å². The predicted octanol–water partition coefficient (Wildman–Crippen LogP) is 4.49. The Kier molecular flexibility index (Phi) is 7.38. The molecule has 1 aliphatic rings. The summed E-state index contributed by atoms with van der Waals surface area (Å²) in [5.74, 6) is 1.04. The van der Waals surface area contributed by atoms with Gasteiger partial charge in [-0.3, -0.25) is 9.59 Å². The minimum absolute atomic E-state index is 0.0561. The number of benzene rings is 1. The molecular formula is C23H35NO3S. The summed E-state index contributed by atoms with van der Waals surface area (Å²) >= 11 is 1.64. The fourth-order valence-electron chi connectivity index (χ4n) is 3.23. The number of nitrogens with one attached hydrogen (secondary N) is 1. The highest BCUT2D eigenvalue weighted by atomic mass is 32.2. The number of ether oxygens (including phenoxy) is 1. The Labute approximate surface area is 174 Å². The Morgan fingerprint density at radius 2 is 1.89 bits per heavy atom. The first-order valence-corrected chi connectivity index (χ1v) is 11.2. The monoisotopic (exact) mass is 405 g/mol. The number of carbonyl (C=O) groups excluding carboxylic acids is 2. The molecule has 1 amide bonds. The second-order valence-electron chi connectivity index (χ2n) is 9.44. The molecule has 0 aromatic heterocycles. The molecule has 1 aromatic rings. The number of Topliss-reactive ketones (excluding diaryl/α,β-unsaturated/α-hetero) is 1. The zero-order chi connectivity index (χ0) is 21.1. The van der Waals surface area contributed by atoms with Crippen LogP contribution in [0.4, 0.5) is 0 Å². The van der Waals surface area contributed by atoms with Crippen molar-refractivity contribution in [2.24, 2.45) is 5.92 Å². The zero-order valence-corrected chi connectivity index (χ0v) is 19.1. The summed E-state index contributed by atoms with van der Waals surface area (Å²) in [6, 6.07) is 8.64. The molecule has 5 heteroatoms. The minimum Gasteiger partial charge on any atom is -0.368 e. The smallest absolute Gasteiger partial charge is 0.234 e. The van der Waals surface area contributed by atoms with Gasteiger partial charge in [-0.15, -0.1) is 11.8 Å². The lowest BCUT2D eigenvalue weighted by Gasteiger charge is -2.30. The molecular weight excluding hydrogens is 370 g/mol. The molecule has 2 rings (SSSR count). The van der Waals surface area contributed by atoms with Gasteiger partial charge in [0.25, 0.3) is 0 Å². The molecule has 0 bridgehead atoms. The predicted molar refractivity (Wildman–Crippen MR) is 117 cm³/mol. The molecule has 1 saturated heterocycles. The summed E-state index contributed by atoms with van der Waals surface area (Å²) in [5, 5.41) is 2.80. The summed E-state index contributed by atoms with van der Waals surface area (Å²) < 4.78 is 5.44. The van der Waals surface area contributed by atoms with Crippen LogP contribution in [0.25, 0.3) is 0 Å². The fourth-order valence-corrected chi connectivity index (χ4v) is 4.55. The Morgan fingerprint density at radius 1 is 1.29 bits per heavy atom. The van der Waals surface area contributed by atoms with E-state index in [2.05, 4.69) is 64.2 Å². The van der Waals surface area contributed by atoms with Crippen molar-refractivity contribution < 1.29 is 14.3 Å². The lowest BCUT2D eigenvalue weighted by Crippen LogP contribution is -2.57. The van der Waals surface area contributed by atoms with Crippen molar-refractivity contribution in [2.45, 2.75) is 82.9 Å². The zero-order valence-electron chi connectivity index (χ0n) is 18.3. The van der Waals surface area contributed by atoms with Crippen molar-refractivity contribution in [3.05, 3.63) is 35.4 Å². The first-order chi connectivity index (χ1) is 12.9. The average Bonchev–Trinajstić information content (AvgIpc) is 2.85. The third-order valence-electron chi connectivity index (χ3n) is 5.49. The van der Waals surface area contributed by atoms with Crippen LogP contribution in [0.3, 0.4) is 0 Å². The van der Waals surface area contributed by atoms with E-state index in [1.807, 2.05) is 6.92 Å². The second-order valence-corrected chi connectivity index (χ2v) is 10.6. The highest BCUT2D eigenvalue weighted by Gasteiger charge is 2.46. The van der Waals surface area contributed by atoms with Gasteiger partial charge in [0.15, 0.2) is 5.78 Å².